The van der Waals surface area contributed by atoms with E-state index in [-0.39, 0.29) is 0 Å². The first kappa shape index (κ1) is 10.3. The average molecular weight is 219 g/mol. The molecule has 2 rings (SSSR count). The van der Waals surface area contributed by atoms with E-state index in [0.717, 1.165) is 17.2 Å². The number of nitrogens with zero attached hydrogens (tertiary/aromatic N) is 2. The highest BCUT2D eigenvalue weighted by atomic mass is 32.1. The van der Waals surface area contributed by atoms with Gasteiger partial charge in [0.2, 0.25) is 0 Å². The first-order valence-electron chi connectivity index (χ1n) is 4.82. The molecule has 0 saturated carbocycles. The molecule has 0 aliphatic heterocycles. The summed E-state index contributed by atoms with van der Waals surface area (Å²) >= 11 is 1.68. The molecule has 2 aromatic rings. The normalized spacial score (nSPS) is 10.5. The SMILES string of the molecule is CNCc1cnc(-c2cc(C)ccn2)s1. The summed E-state index contributed by atoms with van der Waals surface area (Å²) in [5.74, 6) is 0. The van der Waals surface area contributed by atoms with Gasteiger partial charge in [0.05, 0.1) is 5.69 Å². The van der Waals surface area contributed by atoms with Gasteiger partial charge in [0, 0.05) is 23.8 Å². The maximum Gasteiger partial charge on any atom is 0.142 e. The Hall–Kier alpha value is -1.26. The van der Waals surface area contributed by atoms with Gasteiger partial charge in [0.25, 0.3) is 0 Å². The van der Waals surface area contributed by atoms with Gasteiger partial charge >= 0.3 is 0 Å². The van der Waals surface area contributed by atoms with Crippen LogP contribution in [0, 0.1) is 6.92 Å². The molecular formula is C11H13N3S. The number of nitrogens with one attached hydrogen (secondary N) is 1. The van der Waals surface area contributed by atoms with Crippen molar-refractivity contribution in [1.82, 2.24) is 15.3 Å². The fourth-order valence-electron chi connectivity index (χ4n) is 1.34. The Balaban J connectivity index is 2.29. The summed E-state index contributed by atoms with van der Waals surface area (Å²) in [6.45, 7) is 2.93. The van der Waals surface area contributed by atoms with Gasteiger partial charge in [-0.25, -0.2) is 4.98 Å². The standard InChI is InChI=1S/C11H13N3S/c1-8-3-4-13-10(5-8)11-14-7-9(15-11)6-12-2/h3-5,7,12H,6H2,1-2H3. The number of rotatable bonds is 3. The van der Waals surface area contributed by atoms with Crippen molar-refractivity contribution >= 4 is 11.3 Å². The molecule has 2 aromatic heterocycles. The zero-order valence-corrected chi connectivity index (χ0v) is 9.64. The number of hydrogen-bond acceptors (Lipinski definition) is 4. The van der Waals surface area contributed by atoms with Gasteiger partial charge in [0.1, 0.15) is 5.01 Å². The monoisotopic (exact) mass is 219 g/mol. The molecule has 0 unspecified atom stereocenters. The van der Waals surface area contributed by atoms with E-state index in [1.165, 1.54) is 10.4 Å². The Labute approximate surface area is 93.2 Å². The third-order valence-corrected chi connectivity index (χ3v) is 3.06. The molecule has 0 amide bonds. The Kier molecular flexibility index (Phi) is 3.08. The van der Waals surface area contributed by atoms with E-state index in [1.807, 2.05) is 25.5 Å². The first-order chi connectivity index (χ1) is 7.29. The maximum atomic E-state index is 4.36. The second-order valence-electron chi connectivity index (χ2n) is 3.38. The van der Waals surface area contributed by atoms with Crippen LogP contribution in [-0.4, -0.2) is 17.0 Å². The topological polar surface area (TPSA) is 37.8 Å². The lowest BCUT2D eigenvalue weighted by atomic mass is 10.2. The Morgan fingerprint density at radius 3 is 3.00 bits per heavy atom. The van der Waals surface area contributed by atoms with Crippen LogP contribution in [0.15, 0.2) is 24.5 Å². The molecule has 0 radical (unpaired) electrons. The van der Waals surface area contributed by atoms with E-state index in [4.69, 9.17) is 0 Å². The minimum Gasteiger partial charge on any atom is -0.315 e. The average Bonchev–Trinajstić information content (AvgIpc) is 2.67. The molecule has 3 nitrogen and oxygen atoms in total. The molecule has 0 fully saturated rings. The van der Waals surface area contributed by atoms with Gasteiger partial charge in [-0.2, -0.15) is 0 Å². The first-order valence-corrected chi connectivity index (χ1v) is 5.63. The Morgan fingerprint density at radius 2 is 2.27 bits per heavy atom. The van der Waals surface area contributed by atoms with Crippen molar-refractivity contribution in [2.45, 2.75) is 13.5 Å². The third kappa shape index (κ3) is 2.40. The lowest BCUT2D eigenvalue weighted by Gasteiger charge is -1.96. The highest BCUT2D eigenvalue weighted by molar-refractivity contribution is 7.14. The van der Waals surface area contributed by atoms with Crippen LogP contribution in [0.2, 0.25) is 0 Å². The van der Waals surface area contributed by atoms with Gasteiger partial charge in [-0.05, 0) is 31.7 Å². The van der Waals surface area contributed by atoms with Crippen LogP contribution in [0.4, 0.5) is 0 Å². The second kappa shape index (κ2) is 4.51. The summed E-state index contributed by atoms with van der Waals surface area (Å²) in [4.78, 5) is 9.91. The summed E-state index contributed by atoms with van der Waals surface area (Å²) in [5, 5.41) is 4.10. The molecule has 0 atom stereocenters. The summed E-state index contributed by atoms with van der Waals surface area (Å²) in [6.07, 6.45) is 3.73. The molecular weight excluding hydrogens is 206 g/mol. The summed E-state index contributed by atoms with van der Waals surface area (Å²) < 4.78 is 0. The summed E-state index contributed by atoms with van der Waals surface area (Å²) in [7, 11) is 1.93. The lowest BCUT2D eigenvalue weighted by Crippen LogP contribution is -2.02. The van der Waals surface area contributed by atoms with Crippen molar-refractivity contribution in [2.75, 3.05) is 7.05 Å². The maximum absolute atomic E-state index is 4.36. The predicted octanol–water partition coefficient (Wildman–Crippen LogP) is 2.23. The molecule has 78 valence electrons. The minimum absolute atomic E-state index is 0.865. The van der Waals surface area contributed by atoms with E-state index >= 15 is 0 Å². The predicted molar refractivity (Wildman–Crippen MR) is 62.8 cm³/mol. The third-order valence-electron chi connectivity index (χ3n) is 2.04. The van der Waals surface area contributed by atoms with E-state index in [0.29, 0.717) is 0 Å². The molecule has 0 spiro atoms. The number of hydrogen-bond donors (Lipinski definition) is 1. The molecule has 1 N–H and O–H groups in total. The van der Waals surface area contributed by atoms with E-state index in [9.17, 15) is 0 Å². The van der Waals surface area contributed by atoms with Gasteiger partial charge < -0.3 is 5.32 Å². The number of thiazole rings is 1. The quantitative estimate of drug-likeness (QED) is 0.860. The van der Waals surface area contributed by atoms with Crippen LogP contribution in [0.25, 0.3) is 10.7 Å². The Morgan fingerprint density at radius 1 is 1.40 bits per heavy atom. The fraction of sp³-hybridized carbons (Fsp3) is 0.273. The van der Waals surface area contributed by atoms with E-state index in [2.05, 4.69) is 28.3 Å². The highest BCUT2D eigenvalue weighted by Crippen LogP contribution is 2.23. The molecule has 0 bridgehead atoms. The molecule has 15 heavy (non-hydrogen) atoms. The smallest absolute Gasteiger partial charge is 0.142 e. The van der Waals surface area contributed by atoms with Gasteiger partial charge in [-0.15, -0.1) is 11.3 Å². The molecule has 0 aliphatic rings. The zero-order valence-electron chi connectivity index (χ0n) is 8.82. The van der Waals surface area contributed by atoms with Crippen LogP contribution in [0.5, 0.6) is 0 Å². The van der Waals surface area contributed by atoms with Crippen LogP contribution >= 0.6 is 11.3 Å². The van der Waals surface area contributed by atoms with Crippen LogP contribution in [-0.2, 0) is 6.54 Å². The van der Waals surface area contributed by atoms with Gasteiger partial charge in [0.15, 0.2) is 0 Å². The van der Waals surface area contributed by atoms with Crippen molar-refractivity contribution in [3.05, 3.63) is 35.0 Å². The van der Waals surface area contributed by atoms with Crippen LogP contribution in [0.3, 0.4) is 0 Å². The fourth-order valence-corrected chi connectivity index (χ4v) is 2.23. The summed E-state index contributed by atoms with van der Waals surface area (Å²) in [5.41, 5.74) is 2.17. The zero-order chi connectivity index (χ0) is 10.7. The van der Waals surface area contributed by atoms with Crippen molar-refractivity contribution in [3.63, 3.8) is 0 Å². The van der Waals surface area contributed by atoms with Gasteiger partial charge in [-0.3, -0.25) is 4.98 Å². The van der Waals surface area contributed by atoms with Crippen molar-refractivity contribution in [3.8, 4) is 10.7 Å². The van der Waals surface area contributed by atoms with Crippen molar-refractivity contribution < 1.29 is 0 Å². The molecule has 0 aromatic carbocycles. The second-order valence-corrected chi connectivity index (χ2v) is 4.50. The molecule has 4 heteroatoms. The minimum atomic E-state index is 0.865. The molecule has 0 aliphatic carbocycles. The van der Waals surface area contributed by atoms with E-state index in [1.54, 1.807) is 11.3 Å². The highest BCUT2D eigenvalue weighted by Gasteiger charge is 2.05. The Bertz CT molecular complexity index is 451. The van der Waals surface area contributed by atoms with Gasteiger partial charge in [-0.1, -0.05) is 0 Å². The van der Waals surface area contributed by atoms with E-state index < -0.39 is 0 Å². The summed E-state index contributed by atoms with van der Waals surface area (Å²) in [6, 6.07) is 4.05. The number of aromatic nitrogens is 2. The van der Waals surface area contributed by atoms with Crippen LogP contribution in [0.1, 0.15) is 10.4 Å². The largest absolute Gasteiger partial charge is 0.315 e. The number of aryl methyl sites for hydroxylation is 1. The lowest BCUT2D eigenvalue weighted by molar-refractivity contribution is 0.829. The van der Waals surface area contributed by atoms with Crippen molar-refractivity contribution in [2.24, 2.45) is 0 Å². The number of pyridine rings is 1. The van der Waals surface area contributed by atoms with Crippen LogP contribution < -0.4 is 5.32 Å². The van der Waals surface area contributed by atoms with Crippen molar-refractivity contribution in [1.29, 1.82) is 0 Å². The molecule has 2 heterocycles. The molecule has 0 saturated heterocycles.